The molecule has 1 aromatic rings. The number of esters is 1. The predicted molar refractivity (Wildman–Crippen MR) is 68.6 cm³/mol. The van der Waals surface area contributed by atoms with Crippen molar-refractivity contribution in [2.45, 2.75) is 32.5 Å². The van der Waals surface area contributed by atoms with E-state index in [-0.39, 0.29) is 17.7 Å². The molecule has 0 saturated carbocycles. The molecule has 0 fully saturated rings. The van der Waals surface area contributed by atoms with Gasteiger partial charge in [0.1, 0.15) is 11.9 Å². The van der Waals surface area contributed by atoms with Crippen LogP contribution in [0.5, 0.6) is 0 Å². The van der Waals surface area contributed by atoms with Gasteiger partial charge in [0, 0.05) is 5.56 Å². The van der Waals surface area contributed by atoms with E-state index in [1.54, 1.807) is 6.92 Å². The third kappa shape index (κ3) is 4.11. The van der Waals surface area contributed by atoms with Gasteiger partial charge in [0.05, 0.1) is 19.1 Å². The van der Waals surface area contributed by atoms with Crippen LogP contribution in [-0.4, -0.2) is 34.7 Å². The highest BCUT2D eigenvalue weighted by Crippen LogP contribution is 2.24. The molecule has 2 N–H and O–H groups in total. The minimum atomic E-state index is -1.47. The lowest BCUT2D eigenvalue weighted by atomic mass is 9.95. The third-order valence-corrected chi connectivity index (χ3v) is 2.76. The highest BCUT2D eigenvalue weighted by atomic mass is 19.1. The number of ketones is 1. The molecule has 0 spiro atoms. The van der Waals surface area contributed by atoms with E-state index in [0.29, 0.717) is 0 Å². The first-order chi connectivity index (χ1) is 9.36. The zero-order valence-corrected chi connectivity index (χ0v) is 11.3. The highest BCUT2D eigenvalue weighted by Gasteiger charge is 2.25. The van der Waals surface area contributed by atoms with E-state index in [0.717, 1.165) is 12.1 Å². The molecule has 6 heteroatoms. The SMILES string of the molecule is CCOC(=O)CC(O)C(O)c1ccc(F)cc1C(C)=O. The fourth-order valence-corrected chi connectivity index (χ4v) is 1.80. The Bertz CT molecular complexity index is 500. The highest BCUT2D eigenvalue weighted by molar-refractivity contribution is 5.95. The Balaban J connectivity index is 2.93. The average Bonchev–Trinajstić information content (AvgIpc) is 2.37. The molecule has 0 radical (unpaired) electrons. The lowest BCUT2D eigenvalue weighted by molar-refractivity contribution is -0.147. The topological polar surface area (TPSA) is 83.8 Å². The first kappa shape index (κ1) is 16.3. The molecule has 0 aliphatic carbocycles. The van der Waals surface area contributed by atoms with Crippen molar-refractivity contribution < 1.29 is 28.9 Å². The van der Waals surface area contributed by atoms with Crippen molar-refractivity contribution in [1.82, 2.24) is 0 Å². The number of aliphatic hydroxyl groups excluding tert-OH is 2. The Morgan fingerprint density at radius 1 is 1.35 bits per heavy atom. The molecule has 1 rings (SSSR count). The van der Waals surface area contributed by atoms with Gasteiger partial charge in [-0.1, -0.05) is 6.07 Å². The van der Waals surface area contributed by atoms with Gasteiger partial charge in [-0.05, 0) is 31.5 Å². The lowest BCUT2D eigenvalue weighted by Gasteiger charge is -2.19. The maximum Gasteiger partial charge on any atom is 0.308 e. The third-order valence-electron chi connectivity index (χ3n) is 2.76. The second kappa shape index (κ2) is 7.12. The fourth-order valence-electron chi connectivity index (χ4n) is 1.80. The van der Waals surface area contributed by atoms with Crippen molar-refractivity contribution in [1.29, 1.82) is 0 Å². The monoisotopic (exact) mass is 284 g/mol. The molecule has 0 aliphatic heterocycles. The molecule has 2 unspecified atom stereocenters. The van der Waals surface area contributed by atoms with Crippen LogP contribution in [-0.2, 0) is 9.53 Å². The molecular weight excluding hydrogens is 267 g/mol. The number of ether oxygens (including phenoxy) is 1. The number of rotatable bonds is 6. The Kier molecular flexibility index (Phi) is 5.79. The Morgan fingerprint density at radius 2 is 2.00 bits per heavy atom. The molecule has 0 heterocycles. The van der Waals surface area contributed by atoms with Crippen molar-refractivity contribution in [2.24, 2.45) is 0 Å². The summed E-state index contributed by atoms with van der Waals surface area (Å²) in [6.45, 7) is 3.01. The van der Waals surface area contributed by atoms with Crippen LogP contribution in [0.1, 0.15) is 42.3 Å². The summed E-state index contributed by atoms with van der Waals surface area (Å²) < 4.78 is 17.8. The van der Waals surface area contributed by atoms with Crippen LogP contribution in [0.4, 0.5) is 4.39 Å². The van der Waals surface area contributed by atoms with E-state index >= 15 is 0 Å². The summed E-state index contributed by atoms with van der Waals surface area (Å²) in [5, 5.41) is 19.8. The summed E-state index contributed by atoms with van der Waals surface area (Å²) >= 11 is 0. The number of hydrogen-bond donors (Lipinski definition) is 2. The van der Waals surface area contributed by atoms with E-state index in [2.05, 4.69) is 4.74 Å². The standard InChI is InChI=1S/C14H17FO5/c1-3-20-13(18)7-12(17)14(19)10-5-4-9(15)6-11(10)8(2)16/h4-6,12,14,17,19H,3,7H2,1-2H3. The molecule has 0 saturated heterocycles. The smallest absolute Gasteiger partial charge is 0.308 e. The number of carbonyl (C=O) groups is 2. The zero-order chi connectivity index (χ0) is 15.3. The molecule has 0 bridgehead atoms. The molecule has 20 heavy (non-hydrogen) atoms. The van der Waals surface area contributed by atoms with Crippen LogP contribution < -0.4 is 0 Å². The van der Waals surface area contributed by atoms with Gasteiger partial charge < -0.3 is 14.9 Å². The van der Waals surface area contributed by atoms with Crippen LogP contribution in [0.15, 0.2) is 18.2 Å². The van der Waals surface area contributed by atoms with Crippen LogP contribution >= 0.6 is 0 Å². The number of aliphatic hydroxyl groups is 2. The van der Waals surface area contributed by atoms with Gasteiger partial charge in [0.25, 0.3) is 0 Å². The van der Waals surface area contributed by atoms with Crippen LogP contribution in [0, 0.1) is 5.82 Å². The molecule has 1 aromatic carbocycles. The molecule has 110 valence electrons. The van der Waals surface area contributed by atoms with Gasteiger partial charge in [-0.3, -0.25) is 9.59 Å². The molecular formula is C14H17FO5. The summed E-state index contributed by atoms with van der Waals surface area (Å²) in [7, 11) is 0. The van der Waals surface area contributed by atoms with Crippen molar-refractivity contribution in [2.75, 3.05) is 6.61 Å². The van der Waals surface area contributed by atoms with Crippen molar-refractivity contribution >= 4 is 11.8 Å². The van der Waals surface area contributed by atoms with Crippen LogP contribution in [0.25, 0.3) is 0 Å². The van der Waals surface area contributed by atoms with E-state index < -0.39 is 36.2 Å². The zero-order valence-electron chi connectivity index (χ0n) is 11.3. The van der Waals surface area contributed by atoms with Crippen molar-refractivity contribution in [3.63, 3.8) is 0 Å². The summed E-state index contributed by atoms with van der Waals surface area (Å²) in [5.41, 5.74) is 0.0520. The molecule has 0 aliphatic rings. The van der Waals surface area contributed by atoms with Gasteiger partial charge in [-0.15, -0.1) is 0 Å². The Morgan fingerprint density at radius 3 is 2.55 bits per heavy atom. The Hall–Kier alpha value is -1.79. The van der Waals surface area contributed by atoms with Crippen LogP contribution in [0.2, 0.25) is 0 Å². The average molecular weight is 284 g/mol. The fraction of sp³-hybridized carbons (Fsp3) is 0.429. The number of hydrogen-bond acceptors (Lipinski definition) is 5. The summed E-state index contributed by atoms with van der Waals surface area (Å²) in [4.78, 5) is 22.7. The van der Waals surface area contributed by atoms with Crippen LogP contribution in [0.3, 0.4) is 0 Å². The van der Waals surface area contributed by atoms with Gasteiger partial charge in [-0.2, -0.15) is 0 Å². The molecule has 0 amide bonds. The summed E-state index contributed by atoms with van der Waals surface area (Å²) in [5.74, 6) is -1.72. The summed E-state index contributed by atoms with van der Waals surface area (Å²) in [6.07, 6.45) is -3.32. The maximum atomic E-state index is 13.1. The normalized spacial score (nSPS) is 13.7. The summed E-state index contributed by atoms with van der Waals surface area (Å²) in [6, 6.07) is 3.27. The predicted octanol–water partition coefficient (Wildman–Crippen LogP) is 1.38. The quantitative estimate of drug-likeness (QED) is 0.609. The lowest BCUT2D eigenvalue weighted by Crippen LogP contribution is -2.24. The second-order valence-electron chi connectivity index (χ2n) is 4.31. The maximum absolute atomic E-state index is 13.1. The van der Waals surface area contributed by atoms with Crippen molar-refractivity contribution in [3.8, 4) is 0 Å². The molecule has 0 aromatic heterocycles. The largest absolute Gasteiger partial charge is 0.466 e. The number of halogens is 1. The number of benzene rings is 1. The minimum absolute atomic E-state index is 0.0274. The molecule has 5 nitrogen and oxygen atoms in total. The first-order valence-corrected chi connectivity index (χ1v) is 6.19. The second-order valence-corrected chi connectivity index (χ2v) is 4.31. The first-order valence-electron chi connectivity index (χ1n) is 6.19. The van der Waals surface area contributed by atoms with Gasteiger partial charge >= 0.3 is 5.97 Å². The van der Waals surface area contributed by atoms with Gasteiger partial charge in [0.2, 0.25) is 0 Å². The number of Topliss-reactive ketones (excluding diaryl/α,β-unsaturated/α-hetero) is 1. The van der Waals surface area contributed by atoms with Gasteiger partial charge in [0.15, 0.2) is 5.78 Å². The van der Waals surface area contributed by atoms with E-state index in [1.807, 2.05) is 0 Å². The van der Waals surface area contributed by atoms with E-state index in [9.17, 15) is 24.2 Å². The molecule has 2 atom stereocenters. The minimum Gasteiger partial charge on any atom is -0.466 e. The number of carbonyl (C=O) groups excluding carboxylic acids is 2. The van der Waals surface area contributed by atoms with Crippen molar-refractivity contribution in [3.05, 3.63) is 35.1 Å². The van der Waals surface area contributed by atoms with E-state index in [4.69, 9.17) is 0 Å². The van der Waals surface area contributed by atoms with Gasteiger partial charge in [-0.25, -0.2) is 4.39 Å². The van der Waals surface area contributed by atoms with E-state index in [1.165, 1.54) is 13.0 Å². The Labute approximate surface area is 116 Å².